The molecule has 1 aromatic carbocycles. The van der Waals surface area contributed by atoms with E-state index in [0.717, 1.165) is 17.6 Å². The number of ether oxygens (including phenoxy) is 2. The standard InChI is InChI=1S/C18H24O3/c1-5-6-7-14(2)18(15(3)12-19)21-13-16-8-10-17(20-4)11-9-16/h5-12,14-15,18H,1,13H2,2-4H3/t14-,15-,18-/m0/s1. The van der Waals surface area contributed by atoms with Gasteiger partial charge in [0.05, 0.1) is 19.8 Å². The molecular formula is C18H24O3. The third kappa shape index (κ3) is 5.56. The van der Waals surface area contributed by atoms with Crippen LogP contribution in [0, 0.1) is 11.8 Å². The summed E-state index contributed by atoms with van der Waals surface area (Å²) in [6.45, 7) is 8.05. The second-order valence-electron chi connectivity index (χ2n) is 5.10. The zero-order valence-electron chi connectivity index (χ0n) is 13.0. The number of hydrogen-bond acceptors (Lipinski definition) is 3. The second-order valence-corrected chi connectivity index (χ2v) is 5.10. The second kappa shape index (κ2) is 9.14. The Balaban J connectivity index is 2.69. The highest BCUT2D eigenvalue weighted by Gasteiger charge is 2.22. The number of carbonyl (C=O) groups excluding carboxylic acids is 1. The number of methoxy groups -OCH3 is 1. The van der Waals surface area contributed by atoms with Gasteiger partial charge in [-0.2, -0.15) is 0 Å². The summed E-state index contributed by atoms with van der Waals surface area (Å²) in [5.74, 6) is 0.799. The number of allylic oxidation sites excluding steroid dienone is 2. The van der Waals surface area contributed by atoms with Gasteiger partial charge >= 0.3 is 0 Å². The van der Waals surface area contributed by atoms with Crippen LogP contribution in [-0.2, 0) is 16.1 Å². The molecule has 3 nitrogen and oxygen atoms in total. The van der Waals surface area contributed by atoms with E-state index < -0.39 is 0 Å². The monoisotopic (exact) mass is 288 g/mol. The van der Waals surface area contributed by atoms with Gasteiger partial charge in [-0.3, -0.25) is 0 Å². The topological polar surface area (TPSA) is 35.5 Å². The molecule has 0 aliphatic heterocycles. The van der Waals surface area contributed by atoms with E-state index in [1.807, 2.05) is 50.3 Å². The molecule has 0 N–H and O–H groups in total. The lowest BCUT2D eigenvalue weighted by Crippen LogP contribution is -2.29. The first-order chi connectivity index (χ1) is 10.1. The summed E-state index contributed by atoms with van der Waals surface area (Å²) >= 11 is 0. The highest BCUT2D eigenvalue weighted by molar-refractivity contribution is 5.54. The fourth-order valence-electron chi connectivity index (χ4n) is 2.14. The van der Waals surface area contributed by atoms with Gasteiger partial charge in [0.25, 0.3) is 0 Å². The number of aldehydes is 1. The summed E-state index contributed by atoms with van der Waals surface area (Å²) in [4.78, 5) is 11.1. The molecule has 0 bridgehead atoms. The normalized spacial score (nSPS) is 15.4. The summed E-state index contributed by atoms with van der Waals surface area (Å²) in [7, 11) is 1.64. The van der Waals surface area contributed by atoms with E-state index in [-0.39, 0.29) is 17.9 Å². The summed E-state index contributed by atoms with van der Waals surface area (Å²) in [6.07, 6.45) is 6.40. The molecule has 0 aromatic heterocycles. The van der Waals surface area contributed by atoms with Crippen LogP contribution in [0.5, 0.6) is 5.75 Å². The molecule has 1 rings (SSSR count). The van der Waals surface area contributed by atoms with Crippen molar-refractivity contribution in [2.45, 2.75) is 26.6 Å². The summed E-state index contributed by atoms with van der Waals surface area (Å²) in [6, 6.07) is 7.73. The van der Waals surface area contributed by atoms with E-state index in [1.54, 1.807) is 13.2 Å². The van der Waals surface area contributed by atoms with E-state index in [9.17, 15) is 4.79 Å². The van der Waals surface area contributed by atoms with Crippen LogP contribution in [0.15, 0.2) is 49.1 Å². The molecule has 114 valence electrons. The largest absolute Gasteiger partial charge is 0.497 e. The average molecular weight is 288 g/mol. The zero-order valence-corrected chi connectivity index (χ0v) is 13.0. The van der Waals surface area contributed by atoms with E-state index in [1.165, 1.54) is 0 Å². The fourth-order valence-corrected chi connectivity index (χ4v) is 2.14. The van der Waals surface area contributed by atoms with Gasteiger partial charge in [-0.1, -0.05) is 50.8 Å². The summed E-state index contributed by atoms with van der Waals surface area (Å²) in [5, 5.41) is 0. The van der Waals surface area contributed by atoms with Crippen molar-refractivity contribution in [1.29, 1.82) is 0 Å². The molecule has 21 heavy (non-hydrogen) atoms. The van der Waals surface area contributed by atoms with E-state index in [4.69, 9.17) is 9.47 Å². The Morgan fingerprint density at radius 1 is 1.19 bits per heavy atom. The molecule has 0 heterocycles. The molecule has 0 fully saturated rings. The quantitative estimate of drug-likeness (QED) is 0.512. The maximum atomic E-state index is 11.1. The maximum absolute atomic E-state index is 11.1. The van der Waals surface area contributed by atoms with Crippen molar-refractivity contribution in [1.82, 2.24) is 0 Å². The summed E-state index contributed by atoms with van der Waals surface area (Å²) in [5.41, 5.74) is 1.05. The molecule has 3 heteroatoms. The lowest BCUT2D eigenvalue weighted by atomic mass is 9.93. The first-order valence-electron chi connectivity index (χ1n) is 7.11. The van der Waals surface area contributed by atoms with Crippen molar-refractivity contribution < 1.29 is 14.3 Å². The number of rotatable bonds is 9. The lowest BCUT2D eigenvalue weighted by molar-refractivity contribution is -0.117. The zero-order chi connectivity index (χ0) is 15.7. The minimum atomic E-state index is -0.160. The Hall–Kier alpha value is -1.87. The van der Waals surface area contributed by atoms with Crippen LogP contribution < -0.4 is 4.74 Å². The molecular weight excluding hydrogens is 264 g/mol. The lowest BCUT2D eigenvalue weighted by Gasteiger charge is -2.25. The van der Waals surface area contributed by atoms with Gasteiger partial charge in [-0.25, -0.2) is 0 Å². The maximum Gasteiger partial charge on any atom is 0.125 e. The van der Waals surface area contributed by atoms with Crippen molar-refractivity contribution >= 4 is 6.29 Å². The SMILES string of the molecule is C=CC=C[C@H](C)[C@H](OCc1ccc(OC)cc1)[C@@H](C)C=O. The Morgan fingerprint density at radius 2 is 1.86 bits per heavy atom. The molecule has 0 saturated carbocycles. The predicted octanol–water partition coefficient (Wildman–Crippen LogP) is 3.79. The van der Waals surface area contributed by atoms with Gasteiger partial charge < -0.3 is 14.3 Å². The first-order valence-corrected chi connectivity index (χ1v) is 7.11. The number of carbonyl (C=O) groups is 1. The van der Waals surface area contributed by atoms with Gasteiger partial charge in [0.1, 0.15) is 12.0 Å². The van der Waals surface area contributed by atoms with Crippen LogP contribution in [0.3, 0.4) is 0 Å². The first kappa shape index (κ1) is 17.2. The van der Waals surface area contributed by atoms with E-state index in [2.05, 4.69) is 6.58 Å². The van der Waals surface area contributed by atoms with Crippen LogP contribution in [0.2, 0.25) is 0 Å². The van der Waals surface area contributed by atoms with Gasteiger partial charge in [0, 0.05) is 11.8 Å². The van der Waals surface area contributed by atoms with E-state index >= 15 is 0 Å². The predicted molar refractivity (Wildman–Crippen MR) is 85.3 cm³/mol. The smallest absolute Gasteiger partial charge is 0.125 e. The van der Waals surface area contributed by atoms with Gasteiger partial charge in [0.15, 0.2) is 0 Å². The molecule has 0 unspecified atom stereocenters. The molecule has 0 aliphatic carbocycles. The Labute approximate surface area is 127 Å². The minimum Gasteiger partial charge on any atom is -0.497 e. The Morgan fingerprint density at radius 3 is 2.38 bits per heavy atom. The van der Waals surface area contributed by atoms with Crippen LogP contribution in [0.4, 0.5) is 0 Å². The minimum absolute atomic E-state index is 0.140. The van der Waals surface area contributed by atoms with Crippen LogP contribution in [0.1, 0.15) is 19.4 Å². The van der Waals surface area contributed by atoms with Crippen molar-refractivity contribution in [2.24, 2.45) is 11.8 Å². The molecule has 1 aromatic rings. The molecule has 0 amide bonds. The van der Waals surface area contributed by atoms with Crippen molar-refractivity contribution in [3.8, 4) is 5.75 Å². The van der Waals surface area contributed by atoms with Gasteiger partial charge in [0.2, 0.25) is 0 Å². The van der Waals surface area contributed by atoms with Gasteiger partial charge in [-0.15, -0.1) is 0 Å². The van der Waals surface area contributed by atoms with Crippen LogP contribution in [0.25, 0.3) is 0 Å². The number of benzene rings is 1. The Kier molecular flexibility index (Phi) is 7.48. The summed E-state index contributed by atoms with van der Waals surface area (Å²) < 4.78 is 11.1. The fraction of sp³-hybridized carbons (Fsp3) is 0.389. The average Bonchev–Trinajstić information content (AvgIpc) is 2.53. The van der Waals surface area contributed by atoms with E-state index in [0.29, 0.717) is 6.61 Å². The molecule has 0 spiro atoms. The molecule has 0 radical (unpaired) electrons. The van der Waals surface area contributed by atoms with Crippen molar-refractivity contribution in [3.63, 3.8) is 0 Å². The van der Waals surface area contributed by atoms with Crippen LogP contribution >= 0.6 is 0 Å². The van der Waals surface area contributed by atoms with Crippen LogP contribution in [-0.4, -0.2) is 19.5 Å². The molecule has 0 aliphatic rings. The van der Waals surface area contributed by atoms with Crippen molar-refractivity contribution in [2.75, 3.05) is 7.11 Å². The Bertz CT molecular complexity index is 462. The third-order valence-electron chi connectivity index (χ3n) is 3.40. The van der Waals surface area contributed by atoms with Gasteiger partial charge in [-0.05, 0) is 17.7 Å². The third-order valence-corrected chi connectivity index (χ3v) is 3.40. The molecule has 0 saturated heterocycles. The molecule has 3 atom stereocenters. The highest BCUT2D eigenvalue weighted by atomic mass is 16.5. The highest BCUT2D eigenvalue weighted by Crippen LogP contribution is 2.20. The van der Waals surface area contributed by atoms with Crippen molar-refractivity contribution in [3.05, 3.63) is 54.6 Å². The number of hydrogen-bond donors (Lipinski definition) is 0.